The van der Waals surface area contributed by atoms with E-state index in [1.165, 1.54) is 5.56 Å². The number of H-pyrrole nitrogens is 1. The molecule has 1 fully saturated rings. The summed E-state index contributed by atoms with van der Waals surface area (Å²) >= 11 is 0. The van der Waals surface area contributed by atoms with Crippen LogP contribution in [0.3, 0.4) is 0 Å². The normalized spacial score (nSPS) is 14.2. The summed E-state index contributed by atoms with van der Waals surface area (Å²) in [5, 5.41) is 7.07. The Morgan fingerprint density at radius 1 is 0.900 bits per heavy atom. The van der Waals surface area contributed by atoms with E-state index in [-0.39, 0.29) is 11.8 Å². The van der Waals surface area contributed by atoms with E-state index in [1.807, 2.05) is 41.3 Å². The van der Waals surface area contributed by atoms with Crippen LogP contribution in [0.15, 0.2) is 54.9 Å². The van der Waals surface area contributed by atoms with Gasteiger partial charge in [0, 0.05) is 49.7 Å². The Kier molecular flexibility index (Phi) is 5.61. The molecule has 0 unspecified atom stereocenters. The van der Waals surface area contributed by atoms with Crippen molar-refractivity contribution in [1.29, 1.82) is 0 Å². The van der Waals surface area contributed by atoms with Gasteiger partial charge in [-0.05, 0) is 41.8 Å². The minimum absolute atomic E-state index is 0.0129. The maximum Gasteiger partial charge on any atom is 0.272 e. The average Bonchev–Trinajstić information content (AvgIpc) is 3.29. The van der Waals surface area contributed by atoms with Crippen LogP contribution in [-0.4, -0.2) is 63.0 Å². The molecule has 3 heterocycles. The number of piperazine rings is 1. The highest BCUT2D eigenvalue weighted by Gasteiger charge is 2.26. The monoisotopic (exact) mass is 403 g/mol. The Morgan fingerprint density at radius 2 is 1.50 bits per heavy atom. The molecular weight excluding hydrogens is 378 g/mol. The number of amides is 2. The van der Waals surface area contributed by atoms with Gasteiger partial charge >= 0.3 is 0 Å². The van der Waals surface area contributed by atoms with Gasteiger partial charge in [0.05, 0.1) is 5.69 Å². The Morgan fingerprint density at radius 3 is 2.10 bits per heavy atom. The first kappa shape index (κ1) is 19.8. The molecular formula is C23H25N5O2. The van der Waals surface area contributed by atoms with Crippen molar-refractivity contribution >= 4 is 11.8 Å². The first-order valence-corrected chi connectivity index (χ1v) is 10.2. The molecule has 7 nitrogen and oxygen atoms in total. The third kappa shape index (κ3) is 4.10. The number of carbonyl (C=O) groups excluding carboxylic acids is 2. The Balaban J connectivity index is 1.36. The van der Waals surface area contributed by atoms with Gasteiger partial charge in [0.1, 0.15) is 5.69 Å². The van der Waals surface area contributed by atoms with Gasteiger partial charge in [-0.15, -0.1) is 0 Å². The van der Waals surface area contributed by atoms with Gasteiger partial charge in [-0.2, -0.15) is 5.10 Å². The lowest BCUT2D eigenvalue weighted by atomic mass is 10.0. The molecule has 1 aliphatic rings. The molecule has 1 saturated heterocycles. The lowest BCUT2D eigenvalue weighted by Gasteiger charge is -2.34. The number of carbonyl (C=O) groups is 2. The van der Waals surface area contributed by atoms with Crippen LogP contribution in [0.25, 0.3) is 11.3 Å². The summed E-state index contributed by atoms with van der Waals surface area (Å²) < 4.78 is 0. The van der Waals surface area contributed by atoms with Crippen LogP contribution in [0.5, 0.6) is 0 Å². The number of pyridine rings is 1. The average molecular weight is 403 g/mol. The summed E-state index contributed by atoms with van der Waals surface area (Å²) in [4.78, 5) is 33.2. The zero-order chi connectivity index (χ0) is 21.1. The smallest absolute Gasteiger partial charge is 0.272 e. The molecule has 3 aromatic rings. The van der Waals surface area contributed by atoms with Crippen molar-refractivity contribution in [1.82, 2.24) is 25.0 Å². The number of rotatable bonds is 4. The van der Waals surface area contributed by atoms with E-state index in [0.717, 1.165) is 5.56 Å². The fourth-order valence-corrected chi connectivity index (χ4v) is 3.58. The number of nitrogens with one attached hydrogen (secondary N) is 1. The Bertz CT molecular complexity index is 1020. The fourth-order valence-electron chi connectivity index (χ4n) is 3.58. The molecule has 7 heteroatoms. The molecule has 0 aliphatic carbocycles. The molecule has 0 saturated carbocycles. The molecule has 1 aromatic carbocycles. The number of hydrogen-bond donors (Lipinski definition) is 1. The molecule has 30 heavy (non-hydrogen) atoms. The first-order valence-electron chi connectivity index (χ1n) is 10.2. The summed E-state index contributed by atoms with van der Waals surface area (Å²) in [6, 6.07) is 13.3. The van der Waals surface area contributed by atoms with Crippen LogP contribution >= 0.6 is 0 Å². The Labute approximate surface area is 175 Å². The summed E-state index contributed by atoms with van der Waals surface area (Å²) in [6.45, 7) is 6.29. The fraction of sp³-hybridized carbons (Fsp3) is 0.304. The molecule has 0 spiro atoms. The van der Waals surface area contributed by atoms with E-state index in [9.17, 15) is 9.59 Å². The number of aromatic amines is 1. The summed E-state index contributed by atoms with van der Waals surface area (Å²) in [7, 11) is 0. The molecule has 2 amide bonds. The molecule has 154 valence electrons. The van der Waals surface area contributed by atoms with Crippen LogP contribution in [0.2, 0.25) is 0 Å². The second-order valence-electron chi connectivity index (χ2n) is 7.76. The molecule has 1 aliphatic heterocycles. The van der Waals surface area contributed by atoms with E-state index in [4.69, 9.17) is 0 Å². The molecule has 0 radical (unpaired) electrons. The highest BCUT2D eigenvalue weighted by atomic mass is 16.2. The largest absolute Gasteiger partial charge is 0.335 e. The van der Waals surface area contributed by atoms with Crippen molar-refractivity contribution in [2.45, 2.75) is 19.8 Å². The van der Waals surface area contributed by atoms with E-state index in [2.05, 4.69) is 29.0 Å². The van der Waals surface area contributed by atoms with Gasteiger partial charge in [0.2, 0.25) is 0 Å². The van der Waals surface area contributed by atoms with Crippen molar-refractivity contribution < 1.29 is 9.59 Å². The van der Waals surface area contributed by atoms with E-state index >= 15 is 0 Å². The highest BCUT2D eigenvalue weighted by molar-refractivity contribution is 5.95. The maximum atomic E-state index is 12.8. The minimum atomic E-state index is -0.101. The predicted molar refractivity (Wildman–Crippen MR) is 114 cm³/mol. The molecule has 4 rings (SSSR count). The van der Waals surface area contributed by atoms with E-state index in [0.29, 0.717) is 49.0 Å². The molecule has 0 bridgehead atoms. The zero-order valence-corrected chi connectivity index (χ0v) is 17.2. The molecule has 1 N–H and O–H groups in total. The second kappa shape index (κ2) is 8.49. The topological polar surface area (TPSA) is 82.2 Å². The minimum Gasteiger partial charge on any atom is -0.335 e. The number of nitrogens with zero attached hydrogens (tertiary/aromatic N) is 4. The van der Waals surface area contributed by atoms with Gasteiger partial charge in [0.15, 0.2) is 0 Å². The number of aromatic nitrogens is 3. The SMILES string of the molecule is CC(C)c1ccc(C(=O)N2CCN(C(=O)c3cc(-c4ccncc4)n[nH]3)CC2)cc1. The summed E-state index contributed by atoms with van der Waals surface area (Å²) in [5.74, 6) is 0.348. The third-order valence-corrected chi connectivity index (χ3v) is 5.46. The standard InChI is InChI=1S/C23H25N5O2/c1-16(2)17-3-5-19(6-4-17)22(29)27-11-13-28(14-12-27)23(30)21-15-20(25-26-21)18-7-9-24-10-8-18/h3-10,15-16H,11-14H2,1-2H3,(H,25,26). The third-order valence-electron chi connectivity index (χ3n) is 5.46. The molecule has 2 aromatic heterocycles. The number of hydrogen-bond acceptors (Lipinski definition) is 4. The first-order chi connectivity index (χ1) is 14.5. The second-order valence-corrected chi connectivity index (χ2v) is 7.76. The lowest BCUT2D eigenvalue weighted by molar-refractivity contribution is 0.0532. The van der Waals surface area contributed by atoms with Crippen LogP contribution in [-0.2, 0) is 0 Å². The summed E-state index contributed by atoms with van der Waals surface area (Å²) in [5.41, 5.74) is 3.96. The van der Waals surface area contributed by atoms with Crippen LogP contribution < -0.4 is 0 Å². The van der Waals surface area contributed by atoms with Gasteiger partial charge in [0.25, 0.3) is 11.8 Å². The van der Waals surface area contributed by atoms with Crippen molar-refractivity contribution in [2.24, 2.45) is 0 Å². The van der Waals surface area contributed by atoms with Gasteiger partial charge in [-0.3, -0.25) is 19.7 Å². The van der Waals surface area contributed by atoms with Gasteiger partial charge in [-0.1, -0.05) is 26.0 Å². The van der Waals surface area contributed by atoms with E-state index < -0.39 is 0 Å². The lowest BCUT2D eigenvalue weighted by Crippen LogP contribution is -2.50. The maximum absolute atomic E-state index is 12.8. The van der Waals surface area contributed by atoms with Crippen molar-refractivity contribution in [3.63, 3.8) is 0 Å². The van der Waals surface area contributed by atoms with Crippen LogP contribution in [0.1, 0.15) is 46.2 Å². The van der Waals surface area contributed by atoms with E-state index in [1.54, 1.807) is 23.4 Å². The highest BCUT2D eigenvalue weighted by Crippen LogP contribution is 2.19. The van der Waals surface area contributed by atoms with Gasteiger partial charge < -0.3 is 9.80 Å². The van der Waals surface area contributed by atoms with Crippen molar-refractivity contribution in [3.05, 3.63) is 71.7 Å². The van der Waals surface area contributed by atoms with Crippen LogP contribution in [0, 0.1) is 0 Å². The van der Waals surface area contributed by atoms with Crippen LogP contribution in [0.4, 0.5) is 0 Å². The molecule has 0 atom stereocenters. The zero-order valence-electron chi connectivity index (χ0n) is 17.2. The van der Waals surface area contributed by atoms with Gasteiger partial charge in [-0.25, -0.2) is 0 Å². The Hall–Kier alpha value is -3.48. The number of benzene rings is 1. The van der Waals surface area contributed by atoms with Crippen molar-refractivity contribution in [3.8, 4) is 11.3 Å². The summed E-state index contributed by atoms with van der Waals surface area (Å²) in [6.07, 6.45) is 3.39. The quantitative estimate of drug-likeness (QED) is 0.725. The van der Waals surface area contributed by atoms with Crippen molar-refractivity contribution in [2.75, 3.05) is 26.2 Å². The predicted octanol–water partition coefficient (Wildman–Crippen LogP) is 3.19.